The summed E-state index contributed by atoms with van der Waals surface area (Å²) >= 11 is 0. The molecule has 3 heteroatoms. The zero-order valence-corrected chi connectivity index (χ0v) is 9.16. The fourth-order valence-corrected chi connectivity index (χ4v) is 2.57. The number of anilines is 1. The summed E-state index contributed by atoms with van der Waals surface area (Å²) in [6.07, 6.45) is 6.67. The second-order valence-electron chi connectivity index (χ2n) is 4.48. The molecule has 15 heavy (non-hydrogen) atoms. The molecule has 1 aliphatic carbocycles. The Morgan fingerprint density at radius 1 is 1.33 bits per heavy atom. The lowest BCUT2D eigenvalue weighted by molar-refractivity contribution is -0.000698. The molecule has 2 rings (SSSR count). The van der Waals surface area contributed by atoms with E-state index in [0.29, 0.717) is 5.82 Å². The number of aryl methyl sites for hydroxylation is 1. The number of nitrogens with zero attached hydrogens (tertiary/aromatic N) is 1. The van der Waals surface area contributed by atoms with Crippen molar-refractivity contribution in [1.29, 1.82) is 0 Å². The number of aromatic nitrogens is 1. The zero-order valence-electron chi connectivity index (χ0n) is 9.16. The van der Waals surface area contributed by atoms with E-state index in [9.17, 15) is 5.11 Å². The largest absolute Gasteiger partial charge is 0.385 e. The number of hydrogen-bond donors (Lipinski definition) is 2. The van der Waals surface area contributed by atoms with Crippen LogP contribution in [0.5, 0.6) is 0 Å². The highest BCUT2D eigenvalue weighted by molar-refractivity contribution is 5.47. The average molecular weight is 206 g/mol. The standard InChI is InChI=1S/C12H18N2O/c1-9-5-8-14-11(13)10(9)12(15)6-3-2-4-7-12/h5,8,15H,2-4,6-7H2,1H3,(H2,13,14). The molecule has 3 nitrogen and oxygen atoms in total. The summed E-state index contributed by atoms with van der Waals surface area (Å²) in [6, 6.07) is 1.91. The molecule has 0 saturated heterocycles. The first-order valence-electron chi connectivity index (χ1n) is 5.57. The van der Waals surface area contributed by atoms with Crippen LogP contribution >= 0.6 is 0 Å². The molecule has 1 heterocycles. The lowest BCUT2D eigenvalue weighted by Gasteiger charge is -2.34. The minimum atomic E-state index is -0.735. The van der Waals surface area contributed by atoms with E-state index in [2.05, 4.69) is 4.98 Å². The SMILES string of the molecule is Cc1ccnc(N)c1C1(O)CCCCC1. The summed E-state index contributed by atoms with van der Waals surface area (Å²) in [4.78, 5) is 4.08. The first-order chi connectivity index (χ1) is 7.13. The van der Waals surface area contributed by atoms with Crippen LogP contribution in [0.4, 0.5) is 5.82 Å². The molecule has 3 N–H and O–H groups in total. The summed E-state index contributed by atoms with van der Waals surface area (Å²) in [7, 11) is 0. The van der Waals surface area contributed by atoms with Gasteiger partial charge in [-0.2, -0.15) is 0 Å². The fraction of sp³-hybridized carbons (Fsp3) is 0.583. The maximum atomic E-state index is 10.6. The Hall–Kier alpha value is -1.09. The van der Waals surface area contributed by atoms with E-state index in [1.165, 1.54) is 6.42 Å². The normalized spacial score (nSPS) is 20.1. The molecular weight excluding hydrogens is 188 g/mol. The molecule has 1 saturated carbocycles. The Balaban J connectivity index is 2.42. The lowest BCUT2D eigenvalue weighted by atomic mass is 9.78. The topological polar surface area (TPSA) is 59.1 Å². The first-order valence-corrected chi connectivity index (χ1v) is 5.57. The highest BCUT2D eigenvalue weighted by Crippen LogP contribution is 2.40. The predicted molar refractivity (Wildman–Crippen MR) is 60.4 cm³/mol. The third kappa shape index (κ3) is 1.84. The quantitative estimate of drug-likeness (QED) is 0.740. The van der Waals surface area contributed by atoms with Crippen LogP contribution in [0.3, 0.4) is 0 Å². The van der Waals surface area contributed by atoms with E-state index in [0.717, 1.165) is 36.8 Å². The van der Waals surface area contributed by atoms with Crippen molar-refractivity contribution in [2.45, 2.75) is 44.6 Å². The molecule has 0 amide bonds. The second kappa shape index (κ2) is 3.81. The number of pyridine rings is 1. The molecule has 1 aromatic heterocycles. The van der Waals surface area contributed by atoms with E-state index >= 15 is 0 Å². The summed E-state index contributed by atoms with van der Waals surface area (Å²) in [6.45, 7) is 1.99. The minimum Gasteiger partial charge on any atom is -0.385 e. The van der Waals surface area contributed by atoms with E-state index in [1.807, 2.05) is 13.0 Å². The van der Waals surface area contributed by atoms with Crippen LogP contribution < -0.4 is 5.73 Å². The van der Waals surface area contributed by atoms with Crippen LogP contribution in [0.2, 0.25) is 0 Å². The van der Waals surface area contributed by atoms with Gasteiger partial charge >= 0.3 is 0 Å². The van der Waals surface area contributed by atoms with E-state index < -0.39 is 5.60 Å². The van der Waals surface area contributed by atoms with Crippen molar-refractivity contribution < 1.29 is 5.11 Å². The molecule has 0 unspecified atom stereocenters. The number of nitrogen functional groups attached to an aromatic ring is 1. The lowest BCUT2D eigenvalue weighted by Crippen LogP contribution is -2.30. The van der Waals surface area contributed by atoms with Crippen LogP contribution in [-0.4, -0.2) is 10.1 Å². The van der Waals surface area contributed by atoms with Crippen molar-refractivity contribution >= 4 is 5.82 Å². The van der Waals surface area contributed by atoms with Crippen LogP contribution in [-0.2, 0) is 5.60 Å². The van der Waals surface area contributed by atoms with Crippen molar-refractivity contribution in [2.75, 3.05) is 5.73 Å². The van der Waals surface area contributed by atoms with Gasteiger partial charge in [-0.05, 0) is 31.4 Å². The van der Waals surface area contributed by atoms with Crippen LogP contribution in [0.25, 0.3) is 0 Å². The van der Waals surface area contributed by atoms with Gasteiger partial charge in [-0.1, -0.05) is 19.3 Å². The summed E-state index contributed by atoms with van der Waals surface area (Å²) in [5.41, 5.74) is 7.03. The molecule has 1 aromatic rings. The third-order valence-corrected chi connectivity index (χ3v) is 3.33. The highest BCUT2D eigenvalue weighted by Gasteiger charge is 2.34. The van der Waals surface area contributed by atoms with E-state index in [1.54, 1.807) is 6.20 Å². The van der Waals surface area contributed by atoms with Gasteiger partial charge in [-0.3, -0.25) is 0 Å². The van der Waals surface area contributed by atoms with Crippen molar-refractivity contribution in [3.63, 3.8) is 0 Å². The molecule has 0 aliphatic heterocycles. The maximum absolute atomic E-state index is 10.6. The van der Waals surface area contributed by atoms with Crippen molar-refractivity contribution in [3.05, 3.63) is 23.4 Å². The van der Waals surface area contributed by atoms with E-state index in [4.69, 9.17) is 5.73 Å². The van der Waals surface area contributed by atoms with Crippen LogP contribution in [0.1, 0.15) is 43.2 Å². The van der Waals surface area contributed by atoms with Gasteiger partial charge in [0, 0.05) is 11.8 Å². The molecule has 0 bridgehead atoms. The van der Waals surface area contributed by atoms with Crippen molar-refractivity contribution in [2.24, 2.45) is 0 Å². The van der Waals surface area contributed by atoms with Gasteiger partial charge < -0.3 is 10.8 Å². The molecule has 0 radical (unpaired) electrons. The Labute approximate surface area is 90.3 Å². The number of aliphatic hydroxyl groups is 1. The molecule has 1 fully saturated rings. The van der Waals surface area contributed by atoms with Gasteiger partial charge in [-0.15, -0.1) is 0 Å². The van der Waals surface area contributed by atoms with Gasteiger partial charge in [0.05, 0.1) is 5.60 Å². The van der Waals surface area contributed by atoms with Gasteiger partial charge in [0.1, 0.15) is 5.82 Å². The van der Waals surface area contributed by atoms with Gasteiger partial charge in [-0.25, -0.2) is 4.98 Å². The molecule has 0 atom stereocenters. The molecule has 82 valence electrons. The fourth-order valence-electron chi connectivity index (χ4n) is 2.57. The van der Waals surface area contributed by atoms with Crippen molar-refractivity contribution in [1.82, 2.24) is 4.98 Å². The predicted octanol–water partition coefficient (Wildman–Crippen LogP) is 2.12. The Morgan fingerprint density at radius 2 is 2.00 bits per heavy atom. The molecule has 0 spiro atoms. The van der Waals surface area contributed by atoms with Gasteiger partial charge in [0.2, 0.25) is 0 Å². The Bertz CT molecular complexity index is 336. The number of rotatable bonds is 1. The smallest absolute Gasteiger partial charge is 0.129 e. The summed E-state index contributed by atoms with van der Waals surface area (Å²) in [5.74, 6) is 0.486. The average Bonchev–Trinajstić information content (AvgIpc) is 2.18. The van der Waals surface area contributed by atoms with Crippen molar-refractivity contribution in [3.8, 4) is 0 Å². The summed E-state index contributed by atoms with van der Waals surface area (Å²) < 4.78 is 0. The van der Waals surface area contributed by atoms with E-state index in [-0.39, 0.29) is 0 Å². The van der Waals surface area contributed by atoms with Crippen LogP contribution in [0.15, 0.2) is 12.3 Å². The second-order valence-corrected chi connectivity index (χ2v) is 4.48. The molecular formula is C12H18N2O. The zero-order chi connectivity index (χ0) is 10.9. The Morgan fingerprint density at radius 3 is 2.60 bits per heavy atom. The third-order valence-electron chi connectivity index (χ3n) is 3.33. The van der Waals surface area contributed by atoms with Crippen LogP contribution in [0, 0.1) is 6.92 Å². The van der Waals surface area contributed by atoms with Gasteiger partial charge in [0.25, 0.3) is 0 Å². The monoisotopic (exact) mass is 206 g/mol. The minimum absolute atomic E-state index is 0.486. The molecule has 1 aliphatic rings. The maximum Gasteiger partial charge on any atom is 0.129 e. The highest BCUT2D eigenvalue weighted by atomic mass is 16.3. The first kappa shape index (κ1) is 10.4. The Kier molecular flexibility index (Phi) is 2.65. The summed E-state index contributed by atoms with van der Waals surface area (Å²) in [5, 5.41) is 10.6. The number of nitrogens with two attached hydrogens (primary N) is 1. The van der Waals surface area contributed by atoms with Gasteiger partial charge in [0.15, 0.2) is 0 Å². The molecule has 0 aromatic carbocycles. The number of hydrogen-bond acceptors (Lipinski definition) is 3.